The highest BCUT2D eigenvalue weighted by atomic mass is 32.1. The lowest BCUT2D eigenvalue weighted by atomic mass is 10.3. The van der Waals surface area contributed by atoms with Gasteiger partial charge in [-0.3, -0.25) is 0 Å². The van der Waals surface area contributed by atoms with Gasteiger partial charge >= 0.3 is 6.03 Å². The number of thiazole rings is 1. The highest BCUT2D eigenvalue weighted by Crippen LogP contribution is 2.22. The lowest BCUT2D eigenvalue weighted by Crippen LogP contribution is -2.38. The number of aryl methyl sites for hydroxylation is 1. The smallest absolute Gasteiger partial charge is 0.321 e. The van der Waals surface area contributed by atoms with Crippen LogP contribution in [-0.2, 0) is 0 Å². The Balaban J connectivity index is 1.63. The van der Waals surface area contributed by atoms with E-state index < -0.39 is 17.7 Å². The Labute approximate surface area is 142 Å². The summed E-state index contributed by atoms with van der Waals surface area (Å²) in [5.41, 5.74) is 0.840. The molecular weight excluding hydrogens is 334 g/mol. The number of carbonyl (C=O) groups is 1. The van der Waals surface area contributed by atoms with Crippen LogP contribution in [0.3, 0.4) is 0 Å². The van der Waals surface area contributed by atoms with Crippen LogP contribution >= 0.6 is 11.3 Å². The van der Waals surface area contributed by atoms with Crippen molar-refractivity contribution in [1.29, 1.82) is 0 Å². The number of aromatic nitrogens is 1. The molecule has 3 rings (SSSR count). The number of halogens is 2. The number of rotatable bonds is 2. The first kappa shape index (κ1) is 16.6. The van der Waals surface area contributed by atoms with Crippen LogP contribution in [0.5, 0.6) is 0 Å². The van der Waals surface area contributed by atoms with E-state index in [1.165, 1.54) is 0 Å². The van der Waals surface area contributed by atoms with E-state index in [9.17, 15) is 13.6 Å². The van der Waals surface area contributed by atoms with E-state index in [-0.39, 0.29) is 5.69 Å². The molecule has 1 N–H and O–H groups in total. The molecule has 128 valence electrons. The minimum atomic E-state index is -0.653. The zero-order valence-corrected chi connectivity index (χ0v) is 14.1. The third-order valence-corrected chi connectivity index (χ3v) is 4.85. The van der Waals surface area contributed by atoms with E-state index in [2.05, 4.69) is 15.2 Å². The number of hydrogen-bond acceptors (Lipinski definition) is 4. The standard InChI is InChI=1S/C16H18F2N4OS/c1-11-10-24-16(19-11)22-6-2-5-21(7-8-22)15(23)20-14-9-12(17)3-4-13(14)18/h3-4,9-10H,2,5-8H2,1H3,(H,20,23). The predicted molar refractivity (Wildman–Crippen MR) is 90.6 cm³/mol. The van der Waals surface area contributed by atoms with Crippen molar-refractivity contribution in [3.05, 3.63) is 40.9 Å². The van der Waals surface area contributed by atoms with Gasteiger partial charge in [0.05, 0.1) is 11.4 Å². The van der Waals surface area contributed by atoms with Gasteiger partial charge in [-0.15, -0.1) is 11.3 Å². The van der Waals surface area contributed by atoms with Crippen LogP contribution < -0.4 is 10.2 Å². The Morgan fingerprint density at radius 1 is 1.25 bits per heavy atom. The summed E-state index contributed by atoms with van der Waals surface area (Å²) in [7, 11) is 0. The van der Waals surface area contributed by atoms with Crippen LogP contribution in [0.25, 0.3) is 0 Å². The molecule has 8 heteroatoms. The van der Waals surface area contributed by atoms with Crippen molar-refractivity contribution in [3.63, 3.8) is 0 Å². The summed E-state index contributed by atoms with van der Waals surface area (Å²) in [6, 6.07) is 2.58. The second-order valence-corrected chi connectivity index (χ2v) is 6.49. The van der Waals surface area contributed by atoms with Gasteiger partial charge in [-0.1, -0.05) is 0 Å². The number of nitrogens with one attached hydrogen (secondary N) is 1. The summed E-state index contributed by atoms with van der Waals surface area (Å²) >= 11 is 1.59. The van der Waals surface area contributed by atoms with Gasteiger partial charge in [-0.25, -0.2) is 18.6 Å². The van der Waals surface area contributed by atoms with Gasteiger partial charge in [0.2, 0.25) is 0 Å². The number of hydrogen-bond donors (Lipinski definition) is 1. The molecule has 0 saturated carbocycles. The topological polar surface area (TPSA) is 48.5 Å². The third-order valence-electron chi connectivity index (χ3n) is 3.83. The minimum absolute atomic E-state index is 0.142. The lowest BCUT2D eigenvalue weighted by Gasteiger charge is -2.22. The Morgan fingerprint density at radius 2 is 2.08 bits per heavy atom. The molecule has 24 heavy (non-hydrogen) atoms. The van der Waals surface area contributed by atoms with E-state index in [1.807, 2.05) is 12.3 Å². The van der Waals surface area contributed by atoms with Crippen molar-refractivity contribution in [2.75, 3.05) is 36.4 Å². The summed E-state index contributed by atoms with van der Waals surface area (Å²) in [4.78, 5) is 20.6. The summed E-state index contributed by atoms with van der Waals surface area (Å²) < 4.78 is 26.8. The number of amides is 2. The molecule has 0 bridgehead atoms. The molecule has 5 nitrogen and oxygen atoms in total. The van der Waals surface area contributed by atoms with Crippen molar-refractivity contribution in [3.8, 4) is 0 Å². The molecule has 2 amide bonds. The van der Waals surface area contributed by atoms with Crippen LogP contribution in [0.15, 0.2) is 23.6 Å². The first-order chi connectivity index (χ1) is 11.5. The number of benzene rings is 1. The maximum Gasteiger partial charge on any atom is 0.321 e. The SMILES string of the molecule is Cc1csc(N2CCCN(C(=O)Nc3cc(F)ccc3F)CC2)n1. The molecule has 2 heterocycles. The molecule has 2 aromatic rings. The van der Waals surface area contributed by atoms with Gasteiger partial charge in [-0.2, -0.15) is 0 Å². The molecule has 0 radical (unpaired) electrons. The molecule has 0 atom stereocenters. The maximum absolute atomic E-state index is 13.6. The molecule has 1 saturated heterocycles. The molecule has 1 aliphatic rings. The second kappa shape index (κ2) is 7.12. The maximum atomic E-state index is 13.6. The number of nitrogens with zero attached hydrogens (tertiary/aromatic N) is 3. The summed E-state index contributed by atoms with van der Waals surface area (Å²) in [5.74, 6) is -1.24. The summed E-state index contributed by atoms with van der Waals surface area (Å²) in [6.45, 7) is 4.48. The second-order valence-electron chi connectivity index (χ2n) is 5.65. The molecule has 1 fully saturated rings. The first-order valence-electron chi connectivity index (χ1n) is 7.71. The zero-order valence-electron chi connectivity index (χ0n) is 13.3. The molecule has 0 unspecified atom stereocenters. The van der Waals surface area contributed by atoms with Gasteiger partial charge in [0.25, 0.3) is 0 Å². The number of carbonyl (C=O) groups excluding carboxylic acids is 1. The largest absolute Gasteiger partial charge is 0.346 e. The summed E-state index contributed by atoms with van der Waals surface area (Å²) in [5, 5.41) is 5.40. The van der Waals surface area contributed by atoms with Crippen molar-refractivity contribution >= 4 is 28.2 Å². The third kappa shape index (κ3) is 3.81. The highest BCUT2D eigenvalue weighted by molar-refractivity contribution is 7.13. The van der Waals surface area contributed by atoms with Crippen molar-refractivity contribution in [2.24, 2.45) is 0 Å². The molecule has 1 aromatic carbocycles. The quantitative estimate of drug-likeness (QED) is 0.900. The predicted octanol–water partition coefficient (Wildman–Crippen LogP) is 3.47. The van der Waals surface area contributed by atoms with E-state index in [0.717, 1.165) is 42.0 Å². The van der Waals surface area contributed by atoms with Crippen LogP contribution in [0.2, 0.25) is 0 Å². The molecule has 1 aliphatic heterocycles. The fourth-order valence-electron chi connectivity index (χ4n) is 2.59. The van der Waals surface area contributed by atoms with Crippen LogP contribution in [0.4, 0.5) is 24.4 Å². The van der Waals surface area contributed by atoms with Gasteiger partial charge in [0, 0.05) is 37.6 Å². The summed E-state index contributed by atoms with van der Waals surface area (Å²) in [6.07, 6.45) is 0.789. The molecule has 0 spiro atoms. The highest BCUT2D eigenvalue weighted by Gasteiger charge is 2.21. The van der Waals surface area contributed by atoms with E-state index in [0.29, 0.717) is 19.6 Å². The van der Waals surface area contributed by atoms with E-state index in [1.54, 1.807) is 16.2 Å². The Morgan fingerprint density at radius 3 is 2.83 bits per heavy atom. The Kier molecular flexibility index (Phi) is 4.94. The fourth-order valence-corrected chi connectivity index (χ4v) is 3.44. The molecular formula is C16H18F2N4OS. The van der Waals surface area contributed by atoms with Gasteiger partial charge in [0.1, 0.15) is 11.6 Å². The Bertz CT molecular complexity index is 737. The first-order valence-corrected chi connectivity index (χ1v) is 8.59. The average Bonchev–Trinajstić information content (AvgIpc) is 2.83. The molecule has 0 aliphatic carbocycles. The van der Waals surface area contributed by atoms with Gasteiger partial charge in [0.15, 0.2) is 5.13 Å². The van der Waals surface area contributed by atoms with Gasteiger partial charge < -0.3 is 15.1 Å². The lowest BCUT2D eigenvalue weighted by molar-refractivity contribution is 0.215. The van der Waals surface area contributed by atoms with Crippen molar-refractivity contribution < 1.29 is 13.6 Å². The van der Waals surface area contributed by atoms with Crippen LogP contribution in [0, 0.1) is 18.6 Å². The van der Waals surface area contributed by atoms with E-state index in [4.69, 9.17) is 0 Å². The van der Waals surface area contributed by atoms with Crippen molar-refractivity contribution in [1.82, 2.24) is 9.88 Å². The normalized spacial score (nSPS) is 15.3. The molecule has 1 aromatic heterocycles. The van der Waals surface area contributed by atoms with Crippen molar-refractivity contribution in [2.45, 2.75) is 13.3 Å². The Hall–Kier alpha value is -2.22. The minimum Gasteiger partial charge on any atom is -0.346 e. The fraction of sp³-hybridized carbons (Fsp3) is 0.375. The van der Waals surface area contributed by atoms with E-state index >= 15 is 0 Å². The zero-order chi connectivity index (χ0) is 17.1. The number of urea groups is 1. The van der Waals surface area contributed by atoms with Crippen LogP contribution in [-0.4, -0.2) is 42.1 Å². The monoisotopic (exact) mass is 352 g/mol. The van der Waals surface area contributed by atoms with Gasteiger partial charge in [-0.05, 0) is 25.5 Å². The average molecular weight is 352 g/mol. The number of anilines is 2. The van der Waals surface area contributed by atoms with Crippen LogP contribution in [0.1, 0.15) is 12.1 Å².